The predicted octanol–water partition coefficient (Wildman–Crippen LogP) is 3.00. The Labute approximate surface area is 141 Å². The molecule has 0 unspecified atom stereocenters. The number of para-hydroxylation sites is 1. The van der Waals surface area contributed by atoms with Gasteiger partial charge in [0.15, 0.2) is 0 Å². The highest BCUT2D eigenvalue weighted by Gasteiger charge is 2.19. The predicted molar refractivity (Wildman–Crippen MR) is 95.7 cm³/mol. The van der Waals surface area contributed by atoms with Crippen LogP contribution in [0.1, 0.15) is 32.7 Å². The molecule has 3 rings (SSSR count). The number of benzene rings is 2. The number of anilines is 2. The molecule has 1 aliphatic heterocycles. The van der Waals surface area contributed by atoms with E-state index in [2.05, 4.69) is 10.6 Å². The van der Waals surface area contributed by atoms with E-state index >= 15 is 0 Å². The zero-order valence-electron chi connectivity index (χ0n) is 13.9. The van der Waals surface area contributed by atoms with Crippen LogP contribution in [0.3, 0.4) is 0 Å². The molecule has 1 heterocycles. The third-order valence-electron chi connectivity index (χ3n) is 4.15. The molecule has 0 fully saturated rings. The average molecular weight is 323 g/mol. The van der Waals surface area contributed by atoms with Gasteiger partial charge in [0.25, 0.3) is 11.8 Å². The Morgan fingerprint density at radius 3 is 2.58 bits per heavy atom. The Kier molecular flexibility index (Phi) is 4.51. The lowest BCUT2D eigenvalue weighted by molar-refractivity contribution is 0.0828. The van der Waals surface area contributed by atoms with Crippen molar-refractivity contribution in [3.63, 3.8) is 0 Å². The second kappa shape index (κ2) is 6.74. The summed E-state index contributed by atoms with van der Waals surface area (Å²) >= 11 is 0. The molecule has 0 aliphatic carbocycles. The lowest BCUT2D eigenvalue weighted by atomic mass is 9.97. The molecule has 1 aliphatic rings. The number of carbonyl (C=O) groups excluding carboxylic acids is 2. The van der Waals surface area contributed by atoms with Crippen LogP contribution in [-0.2, 0) is 6.42 Å². The van der Waals surface area contributed by atoms with Gasteiger partial charge in [0.1, 0.15) is 0 Å². The number of hydrogen-bond acceptors (Lipinski definition) is 3. The van der Waals surface area contributed by atoms with Crippen molar-refractivity contribution in [2.45, 2.75) is 12.8 Å². The van der Waals surface area contributed by atoms with Crippen LogP contribution in [0.4, 0.5) is 11.4 Å². The first-order valence-corrected chi connectivity index (χ1v) is 8.05. The molecule has 2 amide bonds. The molecule has 0 aromatic heterocycles. The van der Waals surface area contributed by atoms with Gasteiger partial charge >= 0.3 is 0 Å². The highest BCUT2D eigenvalue weighted by molar-refractivity contribution is 6.10. The van der Waals surface area contributed by atoms with Crippen LogP contribution in [0.2, 0.25) is 0 Å². The van der Waals surface area contributed by atoms with Crippen LogP contribution >= 0.6 is 0 Å². The van der Waals surface area contributed by atoms with Crippen molar-refractivity contribution < 1.29 is 9.59 Å². The lowest BCUT2D eigenvalue weighted by Gasteiger charge is -2.21. The summed E-state index contributed by atoms with van der Waals surface area (Å²) in [5.74, 6) is -0.322. The van der Waals surface area contributed by atoms with Gasteiger partial charge in [0.05, 0.1) is 11.3 Å². The maximum atomic E-state index is 12.8. The first-order valence-electron chi connectivity index (χ1n) is 8.05. The number of amides is 2. The van der Waals surface area contributed by atoms with E-state index in [4.69, 9.17) is 0 Å². The van der Waals surface area contributed by atoms with Crippen molar-refractivity contribution >= 4 is 23.2 Å². The maximum absolute atomic E-state index is 12.8. The largest absolute Gasteiger partial charge is 0.385 e. The minimum absolute atomic E-state index is 0.136. The summed E-state index contributed by atoms with van der Waals surface area (Å²) in [5.41, 5.74) is 3.73. The smallest absolute Gasteiger partial charge is 0.256 e. The molecule has 2 aromatic rings. The van der Waals surface area contributed by atoms with E-state index in [0.29, 0.717) is 16.8 Å². The van der Waals surface area contributed by atoms with Crippen LogP contribution in [0, 0.1) is 0 Å². The lowest BCUT2D eigenvalue weighted by Crippen LogP contribution is -2.24. The Bertz CT molecular complexity index is 784. The molecule has 0 radical (unpaired) electrons. The van der Waals surface area contributed by atoms with E-state index in [9.17, 15) is 9.59 Å². The zero-order valence-corrected chi connectivity index (χ0v) is 13.9. The Morgan fingerprint density at radius 2 is 1.79 bits per heavy atom. The molecular weight excluding hydrogens is 302 g/mol. The van der Waals surface area contributed by atoms with Crippen LogP contribution in [0.5, 0.6) is 0 Å². The second-order valence-corrected chi connectivity index (χ2v) is 6.06. The summed E-state index contributed by atoms with van der Waals surface area (Å²) in [5, 5.41) is 6.22. The van der Waals surface area contributed by atoms with Gasteiger partial charge < -0.3 is 15.5 Å². The first-order chi connectivity index (χ1) is 11.6. The Hall–Kier alpha value is -2.82. The van der Waals surface area contributed by atoms with Gasteiger partial charge in [-0.3, -0.25) is 9.59 Å². The van der Waals surface area contributed by atoms with Crippen molar-refractivity contribution in [2.75, 3.05) is 31.3 Å². The fraction of sp³-hybridized carbons (Fsp3) is 0.263. The summed E-state index contributed by atoms with van der Waals surface area (Å²) in [6.45, 7) is 0.929. The highest BCUT2D eigenvalue weighted by atomic mass is 16.2. The van der Waals surface area contributed by atoms with Gasteiger partial charge in [-0.25, -0.2) is 0 Å². The molecule has 2 aromatic carbocycles. The highest BCUT2D eigenvalue weighted by Crippen LogP contribution is 2.26. The van der Waals surface area contributed by atoms with Crippen molar-refractivity contribution in [2.24, 2.45) is 0 Å². The van der Waals surface area contributed by atoms with Crippen LogP contribution in [-0.4, -0.2) is 37.4 Å². The summed E-state index contributed by atoms with van der Waals surface area (Å²) in [7, 11) is 3.39. The zero-order chi connectivity index (χ0) is 17.1. The first kappa shape index (κ1) is 16.1. The van der Waals surface area contributed by atoms with Gasteiger partial charge in [0.2, 0.25) is 0 Å². The van der Waals surface area contributed by atoms with Crippen LogP contribution < -0.4 is 10.6 Å². The third kappa shape index (κ3) is 3.11. The minimum atomic E-state index is -0.186. The molecule has 124 valence electrons. The molecule has 5 heteroatoms. The number of hydrogen-bond donors (Lipinski definition) is 2. The quantitative estimate of drug-likeness (QED) is 0.913. The number of nitrogens with zero attached hydrogens (tertiary/aromatic N) is 1. The van der Waals surface area contributed by atoms with Crippen molar-refractivity contribution in [3.8, 4) is 0 Å². The van der Waals surface area contributed by atoms with Crippen molar-refractivity contribution in [1.29, 1.82) is 0 Å². The summed E-state index contributed by atoms with van der Waals surface area (Å²) in [6.07, 6.45) is 1.89. The van der Waals surface area contributed by atoms with E-state index in [1.54, 1.807) is 32.3 Å². The van der Waals surface area contributed by atoms with Gasteiger partial charge in [-0.1, -0.05) is 18.2 Å². The van der Waals surface area contributed by atoms with E-state index < -0.39 is 0 Å². The standard InChI is InChI=1S/C19H21N3O2/c1-22(2)19(24)15-7-3-4-10-17(15)21-18(23)14-8-5-11-16-13(14)9-6-12-20-16/h3-5,7-8,10-11,20H,6,9,12H2,1-2H3,(H,21,23). The van der Waals surface area contributed by atoms with Gasteiger partial charge in [-0.15, -0.1) is 0 Å². The molecule has 0 atom stereocenters. The Balaban J connectivity index is 1.90. The summed E-state index contributed by atoms with van der Waals surface area (Å²) in [4.78, 5) is 26.5. The van der Waals surface area contributed by atoms with E-state index in [1.165, 1.54) is 4.90 Å². The fourth-order valence-electron chi connectivity index (χ4n) is 2.93. The monoisotopic (exact) mass is 323 g/mol. The van der Waals surface area contributed by atoms with E-state index in [0.717, 1.165) is 30.6 Å². The van der Waals surface area contributed by atoms with Crippen LogP contribution in [0.15, 0.2) is 42.5 Å². The van der Waals surface area contributed by atoms with E-state index in [-0.39, 0.29) is 11.8 Å². The average Bonchev–Trinajstić information content (AvgIpc) is 2.61. The molecule has 24 heavy (non-hydrogen) atoms. The Morgan fingerprint density at radius 1 is 1.04 bits per heavy atom. The number of rotatable bonds is 3. The molecule has 0 saturated carbocycles. The summed E-state index contributed by atoms with van der Waals surface area (Å²) < 4.78 is 0. The van der Waals surface area contributed by atoms with Gasteiger partial charge in [-0.2, -0.15) is 0 Å². The number of carbonyl (C=O) groups is 2. The molecule has 0 spiro atoms. The molecule has 0 bridgehead atoms. The van der Waals surface area contributed by atoms with Crippen LogP contribution in [0.25, 0.3) is 0 Å². The van der Waals surface area contributed by atoms with Crippen molar-refractivity contribution in [3.05, 3.63) is 59.2 Å². The second-order valence-electron chi connectivity index (χ2n) is 6.06. The topological polar surface area (TPSA) is 61.4 Å². The fourth-order valence-corrected chi connectivity index (χ4v) is 2.93. The number of nitrogens with one attached hydrogen (secondary N) is 2. The number of fused-ring (bicyclic) bond motifs is 1. The van der Waals surface area contributed by atoms with E-state index in [1.807, 2.05) is 24.3 Å². The SMILES string of the molecule is CN(C)C(=O)c1ccccc1NC(=O)c1cccc2c1CCCN2. The normalized spacial score (nSPS) is 12.8. The van der Waals surface area contributed by atoms with Crippen molar-refractivity contribution in [1.82, 2.24) is 4.90 Å². The molecule has 0 saturated heterocycles. The summed E-state index contributed by atoms with van der Waals surface area (Å²) in [6, 6.07) is 12.8. The minimum Gasteiger partial charge on any atom is -0.385 e. The van der Waals surface area contributed by atoms with Gasteiger partial charge in [-0.05, 0) is 42.7 Å². The molecule has 2 N–H and O–H groups in total. The van der Waals surface area contributed by atoms with Gasteiger partial charge in [0, 0.05) is 31.9 Å². The molecular formula is C19H21N3O2. The molecule has 5 nitrogen and oxygen atoms in total. The maximum Gasteiger partial charge on any atom is 0.256 e. The third-order valence-corrected chi connectivity index (χ3v) is 4.15.